The quantitative estimate of drug-likeness (QED) is 0.527. The van der Waals surface area contributed by atoms with E-state index in [0.29, 0.717) is 17.8 Å². The van der Waals surface area contributed by atoms with Gasteiger partial charge in [0, 0.05) is 58.2 Å². The number of anilines is 1. The van der Waals surface area contributed by atoms with Crippen LogP contribution < -0.4 is 10.2 Å². The number of piperazine rings is 1. The van der Waals surface area contributed by atoms with Gasteiger partial charge in [-0.25, -0.2) is 4.98 Å². The summed E-state index contributed by atoms with van der Waals surface area (Å²) in [4.78, 5) is 12.3. The molecule has 1 aromatic carbocycles. The first-order valence-electron chi connectivity index (χ1n) is 10.4. The third kappa shape index (κ3) is 4.47. The van der Waals surface area contributed by atoms with Crippen LogP contribution in [0.1, 0.15) is 41.2 Å². The molecular weight excluding hydrogens is 366 g/mol. The van der Waals surface area contributed by atoms with Gasteiger partial charge in [-0.2, -0.15) is 0 Å². The van der Waals surface area contributed by atoms with Gasteiger partial charge in [0.2, 0.25) is 0 Å². The van der Waals surface area contributed by atoms with E-state index in [9.17, 15) is 5.11 Å². The van der Waals surface area contributed by atoms with Crippen molar-refractivity contribution < 1.29 is 12.4 Å². The number of oxazole rings is 1. The lowest BCUT2D eigenvalue weighted by Gasteiger charge is -2.36. The van der Waals surface area contributed by atoms with Gasteiger partial charge < -0.3 is 19.4 Å². The number of nitrogens with zero attached hydrogens (tertiary/aromatic N) is 3. The average Bonchev–Trinajstić information content (AvgIpc) is 3.36. The standard InChI is InChI=1S/C22H31N5O2.2H2/c1-15(2)26-8-10-27(11-9-26)22-24-14-20(29-22)21(28)25-16(3)12-17-13-23-19-7-5-4-6-18(17)19;;/h4-7,13-16,21,23,25,28H,8-12H2,1-3H3;2*1H. The highest BCUT2D eigenvalue weighted by atomic mass is 16.4. The largest absolute Gasteiger partial charge is 0.424 e. The zero-order chi connectivity index (χ0) is 20.4. The van der Waals surface area contributed by atoms with Crippen molar-refractivity contribution in [2.24, 2.45) is 0 Å². The summed E-state index contributed by atoms with van der Waals surface area (Å²) >= 11 is 0. The molecule has 1 aliphatic rings. The number of hydrogen-bond donors (Lipinski definition) is 3. The van der Waals surface area contributed by atoms with Crippen molar-refractivity contribution in [1.29, 1.82) is 0 Å². The van der Waals surface area contributed by atoms with Crippen molar-refractivity contribution >= 4 is 16.9 Å². The number of rotatable bonds is 7. The Hall–Kier alpha value is -2.35. The van der Waals surface area contributed by atoms with Crippen LogP contribution in [-0.4, -0.2) is 58.2 Å². The first-order chi connectivity index (χ1) is 14.0. The van der Waals surface area contributed by atoms with Crippen molar-refractivity contribution in [2.45, 2.75) is 45.5 Å². The van der Waals surface area contributed by atoms with Crippen molar-refractivity contribution in [1.82, 2.24) is 20.2 Å². The Labute approximate surface area is 174 Å². The molecule has 0 spiro atoms. The van der Waals surface area contributed by atoms with Gasteiger partial charge in [0.25, 0.3) is 6.01 Å². The van der Waals surface area contributed by atoms with Crippen LogP contribution in [0.15, 0.2) is 41.1 Å². The third-order valence-corrected chi connectivity index (χ3v) is 5.74. The van der Waals surface area contributed by atoms with Crippen molar-refractivity contribution in [2.75, 3.05) is 31.1 Å². The number of nitrogens with one attached hydrogen (secondary N) is 2. The number of para-hydroxylation sites is 1. The average molecular weight is 402 g/mol. The van der Waals surface area contributed by atoms with Crippen LogP contribution in [0.4, 0.5) is 6.01 Å². The number of benzene rings is 1. The van der Waals surface area contributed by atoms with Crippen LogP contribution in [0, 0.1) is 0 Å². The normalized spacial score (nSPS) is 17.9. The molecule has 3 N–H and O–H groups in total. The molecule has 160 valence electrons. The molecule has 4 rings (SSSR count). The zero-order valence-electron chi connectivity index (χ0n) is 17.4. The molecule has 0 radical (unpaired) electrons. The summed E-state index contributed by atoms with van der Waals surface area (Å²) in [7, 11) is 0. The van der Waals surface area contributed by atoms with Gasteiger partial charge >= 0.3 is 0 Å². The molecular formula is C22H35N5O2. The van der Waals surface area contributed by atoms with E-state index in [1.165, 1.54) is 10.9 Å². The first kappa shape index (κ1) is 19.9. The highest BCUT2D eigenvalue weighted by Crippen LogP contribution is 2.22. The predicted octanol–water partition coefficient (Wildman–Crippen LogP) is 3.39. The Bertz CT molecular complexity index is 937. The lowest BCUT2D eigenvalue weighted by molar-refractivity contribution is 0.102. The lowest BCUT2D eigenvalue weighted by atomic mass is 10.1. The first-order valence-corrected chi connectivity index (χ1v) is 10.4. The fraction of sp³-hybridized carbons (Fsp3) is 0.500. The summed E-state index contributed by atoms with van der Waals surface area (Å²) in [5, 5.41) is 15.0. The molecule has 2 atom stereocenters. The second-order valence-corrected chi connectivity index (χ2v) is 8.20. The van der Waals surface area contributed by atoms with E-state index >= 15 is 0 Å². The maximum atomic E-state index is 10.6. The Morgan fingerprint density at radius 3 is 2.72 bits per heavy atom. The van der Waals surface area contributed by atoms with Crippen LogP contribution in [0.3, 0.4) is 0 Å². The number of aliphatic hydroxyl groups excluding tert-OH is 1. The van der Waals surface area contributed by atoms with E-state index in [1.807, 2.05) is 18.3 Å². The lowest BCUT2D eigenvalue weighted by Crippen LogP contribution is -2.49. The summed E-state index contributed by atoms with van der Waals surface area (Å²) in [6, 6.07) is 9.49. The van der Waals surface area contributed by atoms with E-state index in [-0.39, 0.29) is 8.90 Å². The van der Waals surface area contributed by atoms with Crippen LogP contribution in [0.2, 0.25) is 0 Å². The molecule has 1 aliphatic heterocycles. The minimum absolute atomic E-state index is 0. The maximum Gasteiger partial charge on any atom is 0.297 e. The Balaban J connectivity index is 0.00000171. The highest BCUT2D eigenvalue weighted by molar-refractivity contribution is 5.83. The topological polar surface area (TPSA) is 80.6 Å². The fourth-order valence-corrected chi connectivity index (χ4v) is 4.02. The molecule has 0 amide bonds. The molecule has 3 aromatic rings. The minimum atomic E-state index is -0.881. The molecule has 7 nitrogen and oxygen atoms in total. The monoisotopic (exact) mass is 401 g/mol. The van der Waals surface area contributed by atoms with E-state index in [0.717, 1.165) is 38.1 Å². The zero-order valence-corrected chi connectivity index (χ0v) is 17.4. The Kier molecular flexibility index (Phi) is 5.89. The van der Waals surface area contributed by atoms with Gasteiger partial charge in [-0.05, 0) is 38.8 Å². The molecule has 2 unspecified atom stereocenters. The molecule has 0 saturated carbocycles. The number of aliphatic hydroxyl groups is 1. The Morgan fingerprint density at radius 2 is 1.97 bits per heavy atom. The molecule has 7 heteroatoms. The second-order valence-electron chi connectivity index (χ2n) is 8.20. The molecule has 1 saturated heterocycles. The van der Waals surface area contributed by atoms with Gasteiger partial charge in [0.15, 0.2) is 12.0 Å². The van der Waals surface area contributed by atoms with Crippen molar-refractivity contribution in [3.8, 4) is 0 Å². The van der Waals surface area contributed by atoms with Crippen LogP contribution in [-0.2, 0) is 6.42 Å². The van der Waals surface area contributed by atoms with Gasteiger partial charge in [-0.1, -0.05) is 18.2 Å². The minimum Gasteiger partial charge on any atom is -0.424 e. The summed E-state index contributed by atoms with van der Waals surface area (Å²) in [6.45, 7) is 10.3. The van der Waals surface area contributed by atoms with Crippen LogP contribution in [0.5, 0.6) is 0 Å². The molecule has 0 bridgehead atoms. The fourth-order valence-electron chi connectivity index (χ4n) is 4.02. The van der Waals surface area contributed by atoms with Gasteiger partial charge in [-0.15, -0.1) is 0 Å². The molecule has 29 heavy (non-hydrogen) atoms. The molecule has 1 fully saturated rings. The SMILES string of the molecule is CC(Cc1c[nH]c2ccccc12)NC(O)c1cnc(N2CCN(C(C)C)CC2)o1.[HH].[HH]. The van der Waals surface area contributed by atoms with Crippen LogP contribution in [0.25, 0.3) is 10.9 Å². The molecule has 2 aromatic heterocycles. The maximum absolute atomic E-state index is 10.6. The molecule has 0 aliphatic carbocycles. The number of H-pyrrole nitrogens is 1. The summed E-state index contributed by atoms with van der Waals surface area (Å²) in [5.41, 5.74) is 2.36. The van der Waals surface area contributed by atoms with E-state index in [2.05, 4.69) is 58.0 Å². The van der Waals surface area contributed by atoms with Crippen LogP contribution >= 0.6 is 0 Å². The molecule has 3 heterocycles. The smallest absolute Gasteiger partial charge is 0.297 e. The summed E-state index contributed by atoms with van der Waals surface area (Å²) in [6.07, 6.45) is 3.59. The Morgan fingerprint density at radius 1 is 1.21 bits per heavy atom. The number of fused-ring (bicyclic) bond motifs is 1. The van der Waals surface area contributed by atoms with E-state index in [1.54, 1.807) is 6.20 Å². The van der Waals surface area contributed by atoms with E-state index in [4.69, 9.17) is 4.42 Å². The third-order valence-electron chi connectivity index (χ3n) is 5.74. The summed E-state index contributed by atoms with van der Waals surface area (Å²) < 4.78 is 5.86. The summed E-state index contributed by atoms with van der Waals surface area (Å²) in [5.74, 6) is 0.456. The van der Waals surface area contributed by atoms with Gasteiger partial charge in [0.1, 0.15) is 0 Å². The second kappa shape index (κ2) is 8.57. The van der Waals surface area contributed by atoms with Crippen molar-refractivity contribution in [3.63, 3.8) is 0 Å². The number of hydrogen-bond acceptors (Lipinski definition) is 6. The van der Waals surface area contributed by atoms with Crippen molar-refractivity contribution in [3.05, 3.63) is 48.0 Å². The van der Waals surface area contributed by atoms with Gasteiger partial charge in [-0.3, -0.25) is 10.2 Å². The highest BCUT2D eigenvalue weighted by Gasteiger charge is 2.24. The number of aromatic amines is 1. The number of aromatic nitrogens is 2. The van der Waals surface area contributed by atoms with Gasteiger partial charge in [0.05, 0.1) is 6.20 Å². The predicted molar refractivity (Wildman–Crippen MR) is 119 cm³/mol. The van der Waals surface area contributed by atoms with E-state index < -0.39 is 6.23 Å².